The summed E-state index contributed by atoms with van der Waals surface area (Å²) in [6.45, 7) is 1.70. The fraction of sp³-hybridized carbons (Fsp3) is 0.231. The molecule has 3 rings (SSSR count). The van der Waals surface area contributed by atoms with Crippen molar-refractivity contribution < 1.29 is 33.7 Å². The molecule has 0 fully saturated rings. The van der Waals surface area contributed by atoms with Crippen molar-refractivity contribution in [3.05, 3.63) is 89.2 Å². The minimum Gasteiger partial charge on any atom is -0.490 e. The topological polar surface area (TPSA) is 133 Å². The molecule has 0 saturated heterocycles. The Hall–Kier alpha value is -4.15. The Kier molecular flexibility index (Phi) is 9.61. The van der Waals surface area contributed by atoms with Gasteiger partial charge in [0, 0.05) is 22.9 Å². The molecule has 0 aliphatic rings. The van der Waals surface area contributed by atoms with Crippen LogP contribution in [0.3, 0.4) is 0 Å². The fourth-order valence-corrected chi connectivity index (χ4v) is 3.35. The fourth-order valence-electron chi connectivity index (χ4n) is 3.35. The van der Waals surface area contributed by atoms with Crippen molar-refractivity contribution in [3.8, 4) is 11.5 Å². The Balaban J connectivity index is 1.94. The van der Waals surface area contributed by atoms with Gasteiger partial charge in [0.15, 0.2) is 17.5 Å². The standard InChI is InChI=1S/C26H28FN3O6/c1-2-34-22-14-20(21(27)15-23(22)35-13-12-31)24(26(32)36-16-17-6-4-3-5-7-17)29-19-10-8-18(9-11-19)25(28)30-33/h3-11,14-15,24,29,31,33H,2,12-13,16H2,1H3,(H2,28,30)/t24-/m1/s1. The van der Waals surface area contributed by atoms with Gasteiger partial charge in [0.2, 0.25) is 0 Å². The molecule has 0 aliphatic heterocycles. The van der Waals surface area contributed by atoms with Gasteiger partial charge >= 0.3 is 5.97 Å². The molecule has 0 saturated carbocycles. The van der Waals surface area contributed by atoms with Crippen molar-refractivity contribution in [2.45, 2.75) is 19.6 Å². The summed E-state index contributed by atoms with van der Waals surface area (Å²) in [6, 6.07) is 16.6. The van der Waals surface area contributed by atoms with Crippen molar-refractivity contribution in [2.24, 2.45) is 0 Å². The van der Waals surface area contributed by atoms with Crippen molar-refractivity contribution in [1.82, 2.24) is 5.48 Å². The summed E-state index contributed by atoms with van der Waals surface area (Å²) < 4.78 is 31.7. The maximum Gasteiger partial charge on any atom is 0.333 e. The number of benzene rings is 3. The Labute approximate surface area is 207 Å². The number of carbonyl (C=O) groups is 1. The van der Waals surface area contributed by atoms with Gasteiger partial charge in [0.25, 0.3) is 0 Å². The lowest BCUT2D eigenvalue weighted by atomic mass is 10.0. The van der Waals surface area contributed by atoms with Crippen LogP contribution >= 0.6 is 0 Å². The summed E-state index contributed by atoms with van der Waals surface area (Å²) >= 11 is 0. The number of amidine groups is 1. The van der Waals surface area contributed by atoms with Crippen molar-refractivity contribution in [3.63, 3.8) is 0 Å². The highest BCUT2D eigenvalue weighted by Crippen LogP contribution is 2.35. The first-order valence-electron chi connectivity index (χ1n) is 11.2. The maximum atomic E-state index is 15.3. The van der Waals surface area contributed by atoms with Gasteiger partial charge in [-0.2, -0.15) is 0 Å². The van der Waals surface area contributed by atoms with Gasteiger partial charge in [0.05, 0.1) is 13.2 Å². The second kappa shape index (κ2) is 13.1. The van der Waals surface area contributed by atoms with Crippen LogP contribution < -0.4 is 20.3 Å². The van der Waals surface area contributed by atoms with Gasteiger partial charge in [-0.15, -0.1) is 0 Å². The average molecular weight is 498 g/mol. The first kappa shape index (κ1) is 26.5. The minimum absolute atomic E-state index is 0.00620. The van der Waals surface area contributed by atoms with E-state index in [2.05, 4.69) is 5.32 Å². The third-order valence-corrected chi connectivity index (χ3v) is 5.08. The van der Waals surface area contributed by atoms with Crippen molar-refractivity contribution >= 4 is 17.5 Å². The Morgan fingerprint density at radius 3 is 2.39 bits per heavy atom. The van der Waals surface area contributed by atoms with E-state index in [4.69, 9.17) is 29.9 Å². The van der Waals surface area contributed by atoms with Crippen LogP contribution in [0.15, 0.2) is 66.7 Å². The van der Waals surface area contributed by atoms with Crippen LogP contribution in [0.5, 0.6) is 11.5 Å². The van der Waals surface area contributed by atoms with Crippen LogP contribution in [0.25, 0.3) is 0 Å². The number of nitrogens with one attached hydrogen (secondary N) is 3. The van der Waals surface area contributed by atoms with Gasteiger partial charge in [0.1, 0.15) is 24.9 Å². The lowest BCUT2D eigenvalue weighted by Crippen LogP contribution is -2.25. The summed E-state index contributed by atoms with van der Waals surface area (Å²) in [5, 5.41) is 28.6. The zero-order valence-electron chi connectivity index (χ0n) is 19.7. The predicted molar refractivity (Wildman–Crippen MR) is 131 cm³/mol. The smallest absolute Gasteiger partial charge is 0.333 e. The second-order valence-electron chi connectivity index (χ2n) is 7.56. The molecule has 0 aliphatic carbocycles. The van der Waals surface area contributed by atoms with Crippen molar-refractivity contribution in [1.29, 1.82) is 5.41 Å². The number of hydrogen-bond acceptors (Lipinski definition) is 8. The molecular formula is C26H28FN3O6. The second-order valence-corrected chi connectivity index (χ2v) is 7.56. The number of aliphatic hydroxyl groups is 1. The summed E-state index contributed by atoms with van der Waals surface area (Å²) in [4.78, 5) is 13.2. The van der Waals surface area contributed by atoms with E-state index >= 15 is 4.39 Å². The summed E-state index contributed by atoms with van der Waals surface area (Å²) in [5.41, 5.74) is 3.36. The Bertz CT molecular complexity index is 1160. The number of hydrogen-bond donors (Lipinski definition) is 5. The number of halogens is 1. The summed E-state index contributed by atoms with van der Waals surface area (Å²) in [6.07, 6.45) is 0. The molecule has 5 N–H and O–H groups in total. The molecule has 0 aromatic heterocycles. The quantitative estimate of drug-likeness (QED) is 0.110. The Morgan fingerprint density at radius 1 is 1.06 bits per heavy atom. The SMILES string of the molecule is CCOc1cc([C@@H](Nc2ccc(C(=N)NO)cc2)C(=O)OCc2ccccc2)c(F)cc1OCCO. The summed E-state index contributed by atoms with van der Waals surface area (Å²) in [7, 11) is 0. The highest BCUT2D eigenvalue weighted by Gasteiger charge is 2.28. The first-order chi connectivity index (χ1) is 17.5. The highest BCUT2D eigenvalue weighted by molar-refractivity contribution is 5.95. The van der Waals surface area contributed by atoms with E-state index in [1.54, 1.807) is 48.8 Å². The lowest BCUT2D eigenvalue weighted by Gasteiger charge is -2.22. The molecule has 10 heteroatoms. The number of carbonyl (C=O) groups excluding carboxylic acids is 1. The average Bonchev–Trinajstić information content (AvgIpc) is 2.91. The van der Waals surface area contributed by atoms with Gasteiger partial charge in [-0.3, -0.25) is 16.1 Å². The van der Waals surface area contributed by atoms with Crippen LogP contribution in [0.2, 0.25) is 0 Å². The van der Waals surface area contributed by atoms with Crippen LogP contribution in [0, 0.1) is 11.2 Å². The maximum absolute atomic E-state index is 15.3. The van der Waals surface area contributed by atoms with E-state index in [0.29, 0.717) is 11.3 Å². The number of ether oxygens (including phenoxy) is 3. The van der Waals surface area contributed by atoms with Gasteiger partial charge in [-0.1, -0.05) is 30.3 Å². The number of rotatable bonds is 12. The van der Waals surface area contributed by atoms with Gasteiger partial charge in [-0.25, -0.2) is 9.18 Å². The van der Waals surface area contributed by atoms with Gasteiger partial charge in [-0.05, 0) is 42.8 Å². The van der Waals surface area contributed by atoms with Crippen LogP contribution in [0.1, 0.15) is 29.7 Å². The third kappa shape index (κ3) is 6.94. The van der Waals surface area contributed by atoms with Gasteiger partial charge < -0.3 is 24.6 Å². The molecule has 0 bridgehead atoms. The zero-order valence-corrected chi connectivity index (χ0v) is 19.7. The third-order valence-electron chi connectivity index (χ3n) is 5.08. The molecule has 0 amide bonds. The zero-order chi connectivity index (χ0) is 25.9. The molecule has 9 nitrogen and oxygen atoms in total. The Morgan fingerprint density at radius 2 is 1.75 bits per heavy atom. The number of aliphatic hydroxyl groups excluding tert-OH is 1. The van der Waals surface area contributed by atoms with Crippen LogP contribution in [0.4, 0.5) is 10.1 Å². The molecule has 1 atom stereocenters. The number of anilines is 1. The summed E-state index contributed by atoms with van der Waals surface area (Å²) in [5.74, 6) is -1.35. The molecule has 36 heavy (non-hydrogen) atoms. The van der Waals surface area contributed by atoms with E-state index in [9.17, 15) is 4.79 Å². The lowest BCUT2D eigenvalue weighted by molar-refractivity contribution is -0.146. The number of esters is 1. The first-order valence-corrected chi connectivity index (χ1v) is 11.2. The minimum atomic E-state index is -1.25. The van der Waals surface area contributed by atoms with E-state index in [1.807, 2.05) is 18.2 Å². The van der Waals surface area contributed by atoms with E-state index in [-0.39, 0.29) is 49.3 Å². The molecule has 3 aromatic rings. The van der Waals surface area contributed by atoms with Crippen LogP contribution in [-0.4, -0.2) is 41.9 Å². The number of hydroxylamine groups is 1. The molecule has 0 spiro atoms. The molecule has 190 valence electrons. The molecule has 0 radical (unpaired) electrons. The van der Waals surface area contributed by atoms with E-state index < -0.39 is 17.8 Å². The largest absolute Gasteiger partial charge is 0.490 e. The predicted octanol–water partition coefficient (Wildman–Crippen LogP) is 3.80. The highest BCUT2D eigenvalue weighted by atomic mass is 19.1. The normalized spacial score (nSPS) is 11.3. The molecule has 3 aromatic carbocycles. The van der Waals surface area contributed by atoms with Crippen LogP contribution in [-0.2, 0) is 16.1 Å². The molecule has 0 heterocycles. The van der Waals surface area contributed by atoms with E-state index in [0.717, 1.165) is 11.6 Å². The molecule has 0 unspecified atom stereocenters. The van der Waals surface area contributed by atoms with E-state index in [1.165, 1.54) is 6.07 Å². The monoisotopic (exact) mass is 497 g/mol. The molecular weight excluding hydrogens is 469 g/mol. The van der Waals surface area contributed by atoms with Crippen molar-refractivity contribution in [2.75, 3.05) is 25.1 Å².